The summed E-state index contributed by atoms with van der Waals surface area (Å²) in [6.45, 7) is 1.89. The maximum Gasteiger partial charge on any atom is 0.261 e. The minimum atomic E-state index is -3.78. The van der Waals surface area contributed by atoms with Gasteiger partial charge >= 0.3 is 0 Å². The SMILES string of the molecule is Cc1ccccc1NC(=O)c1ccccc1NS(=O)(=O)c1ccccc1. The fourth-order valence-corrected chi connectivity index (χ4v) is 3.58. The summed E-state index contributed by atoms with van der Waals surface area (Å²) in [7, 11) is -3.78. The van der Waals surface area contributed by atoms with Crippen molar-refractivity contribution in [3.05, 3.63) is 90.0 Å². The van der Waals surface area contributed by atoms with Crippen molar-refractivity contribution >= 4 is 27.3 Å². The lowest BCUT2D eigenvalue weighted by Gasteiger charge is -2.13. The number of benzene rings is 3. The van der Waals surface area contributed by atoms with E-state index in [-0.39, 0.29) is 22.1 Å². The van der Waals surface area contributed by atoms with E-state index in [9.17, 15) is 13.2 Å². The molecular weight excluding hydrogens is 348 g/mol. The van der Waals surface area contributed by atoms with Gasteiger partial charge in [-0.2, -0.15) is 0 Å². The quantitative estimate of drug-likeness (QED) is 0.715. The van der Waals surface area contributed by atoms with Gasteiger partial charge in [-0.25, -0.2) is 8.42 Å². The molecular formula is C20H18N2O3S. The Morgan fingerprint density at radius 2 is 1.35 bits per heavy atom. The van der Waals surface area contributed by atoms with Crippen LogP contribution in [-0.4, -0.2) is 14.3 Å². The van der Waals surface area contributed by atoms with Crippen molar-refractivity contribution in [3.63, 3.8) is 0 Å². The molecule has 0 aliphatic heterocycles. The van der Waals surface area contributed by atoms with Crippen LogP contribution in [0.1, 0.15) is 15.9 Å². The number of para-hydroxylation sites is 2. The number of carbonyl (C=O) groups excluding carboxylic acids is 1. The fourth-order valence-electron chi connectivity index (χ4n) is 2.48. The predicted molar refractivity (Wildman–Crippen MR) is 103 cm³/mol. The Hall–Kier alpha value is -3.12. The molecule has 0 saturated heterocycles. The zero-order valence-corrected chi connectivity index (χ0v) is 15.0. The highest BCUT2D eigenvalue weighted by molar-refractivity contribution is 7.92. The van der Waals surface area contributed by atoms with E-state index in [0.717, 1.165) is 5.56 Å². The largest absolute Gasteiger partial charge is 0.322 e. The zero-order valence-electron chi connectivity index (χ0n) is 14.1. The molecule has 0 spiro atoms. The zero-order chi connectivity index (χ0) is 18.6. The first kappa shape index (κ1) is 17.7. The van der Waals surface area contributed by atoms with Crippen LogP contribution in [0.25, 0.3) is 0 Å². The average molecular weight is 366 g/mol. The molecule has 3 rings (SSSR count). The number of sulfonamides is 1. The predicted octanol–water partition coefficient (Wildman–Crippen LogP) is 4.05. The van der Waals surface area contributed by atoms with Gasteiger partial charge in [0.05, 0.1) is 16.1 Å². The highest BCUT2D eigenvalue weighted by atomic mass is 32.2. The number of aryl methyl sites for hydroxylation is 1. The van der Waals surface area contributed by atoms with Gasteiger partial charge in [-0.15, -0.1) is 0 Å². The number of hydrogen-bond acceptors (Lipinski definition) is 3. The summed E-state index contributed by atoms with van der Waals surface area (Å²) in [6.07, 6.45) is 0. The Bertz CT molecular complexity index is 1030. The second-order valence-electron chi connectivity index (χ2n) is 5.73. The van der Waals surface area contributed by atoms with Crippen molar-refractivity contribution in [2.45, 2.75) is 11.8 Å². The van der Waals surface area contributed by atoms with Crippen molar-refractivity contribution in [3.8, 4) is 0 Å². The van der Waals surface area contributed by atoms with Gasteiger partial charge in [0.2, 0.25) is 0 Å². The summed E-state index contributed by atoms with van der Waals surface area (Å²) in [5.41, 5.74) is 2.07. The van der Waals surface area contributed by atoms with E-state index in [1.54, 1.807) is 48.5 Å². The molecule has 0 aliphatic carbocycles. The summed E-state index contributed by atoms with van der Waals surface area (Å²) in [5, 5.41) is 2.82. The minimum Gasteiger partial charge on any atom is -0.322 e. The first-order chi connectivity index (χ1) is 12.5. The van der Waals surface area contributed by atoms with Crippen LogP contribution in [-0.2, 0) is 10.0 Å². The molecule has 1 amide bonds. The summed E-state index contributed by atoms with van der Waals surface area (Å²) in [6, 6.07) is 21.9. The number of anilines is 2. The Balaban J connectivity index is 1.89. The molecule has 132 valence electrons. The van der Waals surface area contributed by atoms with Crippen LogP contribution in [0.4, 0.5) is 11.4 Å². The fraction of sp³-hybridized carbons (Fsp3) is 0.0500. The molecule has 0 bridgehead atoms. The van der Waals surface area contributed by atoms with Crippen LogP contribution in [0.3, 0.4) is 0 Å². The molecule has 5 nitrogen and oxygen atoms in total. The van der Waals surface area contributed by atoms with E-state index >= 15 is 0 Å². The molecule has 2 N–H and O–H groups in total. The molecule has 6 heteroatoms. The number of amides is 1. The molecule has 0 atom stereocenters. The highest BCUT2D eigenvalue weighted by Gasteiger charge is 2.18. The summed E-state index contributed by atoms with van der Waals surface area (Å²) >= 11 is 0. The molecule has 3 aromatic rings. The van der Waals surface area contributed by atoms with Gasteiger partial charge in [0.15, 0.2) is 0 Å². The van der Waals surface area contributed by atoms with Crippen LogP contribution < -0.4 is 10.0 Å². The van der Waals surface area contributed by atoms with E-state index in [2.05, 4.69) is 10.0 Å². The standard InChI is InChI=1S/C20H18N2O3S/c1-15-9-5-7-13-18(15)21-20(23)17-12-6-8-14-19(17)22-26(24,25)16-10-3-2-4-11-16/h2-14,22H,1H3,(H,21,23). The van der Waals surface area contributed by atoms with E-state index in [1.807, 2.05) is 25.1 Å². The van der Waals surface area contributed by atoms with Gasteiger partial charge < -0.3 is 5.32 Å². The Morgan fingerprint density at radius 3 is 2.04 bits per heavy atom. The molecule has 0 heterocycles. The molecule has 0 aromatic heterocycles. The van der Waals surface area contributed by atoms with Crippen molar-refractivity contribution < 1.29 is 13.2 Å². The number of hydrogen-bond donors (Lipinski definition) is 2. The van der Waals surface area contributed by atoms with Crippen molar-refractivity contribution in [2.75, 3.05) is 10.0 Å². The molecule has 26 heavy (non-hydrogen) atoms. The van der Waals surface area contributed by atoms with Crippen LogP contribution in [0, 0.1) is 6.92 Å². The lowest BCUT2D eigenvalue weighted by molar-refractivity contribution is 0.102. The van der Waals surface area contributed by atoms with Crippen molar-refractivity contribution in [1.82, 2.24) is 0 Å². The summed E-state index contributed by atoms with van der Waals surface area (Å²) in [5.74, 6) is -0.384. The topological polar surface area (TPSA) is 75.3 Å². The van der Waals surface area contributed by atoms with Gasteiger partial charge in [0, 0.05) is 5.69 Å². The van der Waals surface area contributed by atoms with Gasteiger partial charge in [0.25, 0.3) is 15.9 Å². The second-order valence-corrected chi connectivity index (χ2v) is 7.42. The van der Waals surface area contributed by atoms with E-state index in [1.165, 1.54) is 12.1 Å². The molecule has 0 fully saturated rings. The number of carbonyl (C=O) groups is 1. The molecule has 0 unspecified atom stereocenters. The van der Waals surface area contributed by atoms with Crippen LogP contribution in [0.2, 0.25) is 0 Å². The Labute approximate surface area is 152 Å². The van der Waals surface area contributed by atoms with Crippen LogP contribution >= 0.6 is 0 Å². The van der Waals surface area contributed by atoms with Crippen LogP contribution in [0.5, 0.6) is 0 Å². The second kappa shape index (κ2) is 7.41. The first-order valence-electron chi connectivity index (χ1n) is 8.01. The number of nitrogens with one attached hydrogen (secondary N) is 2. The lowest BCUT2D eigenvalue weighted by atomic mass is 10.1. The smallest absolute Gasteiger partial charge is 0.261 e. The van der Waals surface area contributed by atoms with E-state index in [0.29, 0.717) is 5.69 Å². The Morgan fingerprint density at radius 1 is 0.769 bits per heavy atom. The number of rotatable bonds is 5. The van der Waals surface area contributed by atoms with Crippen LogP contribution in [0.15, 0.2) is 83.8 Å². The maximum absolute atomic E-state index is 12.7. The highest BCUT2D eigenvalue weighted by Crippen LogP contribution is 2.22. The third kappa shape index (κ3) is 3.92. The monoisotopic (exact) mass is 366 g/mol. The first-order valence-corrected chi connectivity index (χ1v) is 9.49. The van der Waals surface area contributed by atoms with Crippen molar-refractivity contribution in [1.29, 1.82) is 0 Å². The average Bonchev–Trinajstić information content (AvgIpc) is 2.64. The molecule has 0 radical (unpaired) electrons. The Kier molecular flexibility index (Phi) is 5.04. The molecule has 0 saturated carbocycles. The maximum atomic E-state index is 12.7. The lowest BCUT2D eigenvalue weighted by Crippen LogP contribution is -2.18. The molecule has 0 aliphatic rings. The molecule has 3 aromatic carbocycles. The van der Waals surface area contributed by atoms with Gasteiger partial charge in [-0.05, 0) is 42.8 Å². The third-order valence-electron chi connectivity index (χ3n) is 3.86. The van der Waals surface area contributed by atoms with Gasteiger partial charge in [0.1, 0.15) is 0 Å². The summed E-state index contributed by atoms with van der Waals surface area (Å²) < 4.78 is 27.6. The van der Waals surface area contributed by atoms with E-state index < -0.39 is 10.0 Å². The van der Waals surface area contributed by atoms with Gasteiger partial charge in [-0.3, -0.25) is 9.52 Å². The minimum absolute atomic E-state index is 0.133. The van der Waals surface area contributed by atoms with E-state index in [4.69, 9.17) is 0 Å². The van der Waals surface area contributed by atoms with Gasteiger partial charge in [-0.1, -0.05) is 48.5 Å². The third-order valence-corrected chi connectivity index (χ3v) is 5.24. The normalized spacial score (nSPS) is 11.0. The summed E-state index contributed by atoms with van der Waals surface area (Å²) in [4.78, 5) is 12.8. The van der Waals surface area contributed by atoms with Crippen molar-refractivity contribution in [2.24, 2.45) is 0 Å².